The second-order valence-electron chi connectivity index (χ2n) is 3.47. The van der Waals surface area contributed by atoms with Crippen molar-refractivity contribution in [2.45, 2.75) is 6.54 Å². The van der Waals surface area contributed by atoms with E-state index in [9.17, 15) is 10.1 Å². The summed E-state index contributed by atoms with van der Waals surface area (Å²) in [5.74, 6) is 0.255. The summed E-state index contributed by atoms with van der Waals surface area (Å²) in [6.45, 7) is 0.380. The zero-order valence-corrected chi connectivity index (χ0v) is 11.9. The van der Waals surface area contributed by atoms with Gasteiger partial charge in [-0.15, -0.1) is 0 Å². The van der Waals surface area contributed by atoms with Crippen LogP contribution in [-0.4, -0.2) is 4.92 Å². The fraction of sp³-hybridized carbons (Fsp3) is 0.0909. The minimum atomic E-state index is -0.560. The highest BCUT2D eigenvalue weighted by Crippen LogP contribution is 2.23. The van der Waals surface area contributed by atoms with E-state index in [1.165, 1.54) is 6.07 Å². The Kier molecular flexibility index (Phi) is 4.07. The van der Waals surface area contributed by atoms with Crippen molar-refractivity contribution in [1.29, 1.82) is 0 Å². The van der Waals surface area contributed by atoms with Gasteiger partial charge in [0.25, 0.3) is 0 Å². The Hall–Kier alpha value is -1.28. The molecule has 0 fully saturated rings. The molecule has 2 rings (SSSR count). The van der Waals surface area contributed by atoms with Crippen LogP contribution in [0.2, 0.25) is 5.02 Å². The summed E-state index contributed by atoms with van der Waals surface area (Å²) < 4.78 is 6.01. The number of benzene rings is 1. The minimum Gasteiger partial charge on any atom is -0.404 e. The molecule has 0 spiro atoms. The van der Waals surface area contributed by atoms with Gasteiger partial charge in [0.1, 0.15) is 10.7 Å². The van der Waals surface area contributed by atoms with Crippen molar-refractivity contribution >= 4 is 45.8 Å². The monoisotopic (exact) mass is 378 g/mol. The Balaban J connectivity index is 2.04. The minimum absolute atomic E-state index is 0.252. The zero-order chi connectivity index (χ0) is 13.1. The highest BCUT2D eigenvalue weighted by molar-refractivity contribution is 14.1. The first kappa shape index (κ1) is 13.2. The van der Waals surface area contributed by atoms with E-state index in [0.717, 1.165) is 9.26 Å². The number of hydrogen-bond acceptors (Lipinski definition) is 4. The van der Waals surface area contributed by atoms with Crippen LogP contribution in [0.15, 0.2) is 34.7 Å². The zero-order valence-electron chi connectivity index (χ0n) is 9.02. The molecule has 1 N–H and O–H groups in total. The molecule has 0 radical (unpaired) electrons. The van der Waals surface area contributed by atoms with Crippen molar-refractivity contribution in [2.24, 2.45) is 0 Å². The van der Waals surface area contributed by atoms with Crippen molar-refractivity contribution in [1.82, 2.24) is 0 Å². The topological polar surface area (TPSA) is 68.3 Å². The predicted molar refractivity (Wildman–Crippen MR) is 76.9 cm³/mol. The van der Waals surface area contributed by atoms with E-state index < -0.39 is 4.92 Å². The molecule has 0 saturated carbocycles. The predicted octanol–water partition coefficient (Wildman–Crippen LogP) is 4.06. The van der Waals surface area contributed by atoms with Crippen LogP contribution in [0, 0.1) is 13.7 Å². The molecule has 0 aliphatic heterocycles. The largest absolute Gasteiger partial charge is 0.433 e. The average molecular weight is 379 g/mol. The second-order valence-corrected chi connectivity index (χ2v) is 5.07. The Morgan fingerprint density at radius 1 is 1.39 bits per heavy atom. The normalized spacial score (nSPS) is 10.3. The number of nitrogens with one attached hydrogen (secondary N) is 1. The summed E-state index contributed by atoms with van der Waals surface area (Å²) in [5.41, 5.74) is 0.902. The number of nitrogens with zero attached hydrogens (tertiary/aromatic N) is 1. The van der Waals surface area contributed by atoms with Gasteiger partial charge in [0.05, 0.1) is 12.6 Å². The van der Waals surface area contributed by atoms with Crippen molar-refractivity contribution in [3.63, 3.8) is 0 Å². The van der Waals surface area contributed by atoms with Gasteiger partial charge in [0, 0.05) is 14.3 Å². The van der Waals surface area contributed by atoms with Gasteiger partial charge >= 0.3 is 5.88 Å². The number of hydrogen-bond donors (Lipinski definition) is 1. The maximum absolute atomic E-state index is 10.5. The average Bonchev–Trinajstić information content (AvgIpc) is 2.76. The lowest BCUT2D eigenvalue weighted by atomic mass is 10.3. The van der Waals surface area contributed by atoms with Crippen molar-refractivity contribution < 1.29 is 9.34 Å². The lowest BCUT2D eigenvalue weighted by molar-refractivity contribution is -0.402. The number of nitro groups is 1. The molecule has 94 valence electrons. The molecule has 5 nitrogen and oxygen atoms in total. The van der Waals surface area contributed by atoms with E-state index in [1.807, 2.05) is 12.1 Å². The quantitative estimate of drug-likeness (QED) is 0.495. The number of anilines is 1. The fourth-order valence-corrected chi connectivity index (χ4v) is 2.44. The van der Waals surface area contributed by atoms with Crippen LogP contribution < -0.4 is 5.32 Å². The van der Waals surface area contributed by atoms with Crippen molar-refractivity contribution in [2.75, 3.05) is 5.32 Å². The Labute approximate surface area is 121 Å². The first-order valence-electron chi connectivity index (χ1n) is 4.98. The summed E-state index contributed by atoms with van der Waals surface area (Å²) in [6, 6.07) is 8.37. The molecule has 18 heavy (non-hydrogen) atoms. The molecular formula is C11H8ClIN2O3. The van der Waals surface area contributed by atoms with Crippen LogP contribution in [0.25, 0.3) is 0 Å². The molecule has 0 aliphatic rings. The standard InChI is InChI=1S/C11H8ClIN2O3/c12-7-1-3-10(9(13)5-7)14-6-8-2-4-11(18-8)15(16)17/h1-5,14H,6H2. The molecule has 0 bridgehead atoms. The summed E-state index contributed by atoms with van der Waals surface area (Å²) in [4.78, 5) is 9.90. The van der Waals surface area contributed by atoms with Crippen LogP contribution in [0.5, 0.6) is 0 Å². The van der Waals surface area contributed by atoms with Crippen molar-refractivity contribution in [3.8, 4) is 0 Å². The smallest absolute Gasteiger partial charge is 0.404 e. The Morgan fingerprint density at radius 2 is 2.17 bits per heavy atom. The molecule has 0 atom stereocenters. The third-order valence-corrected chi connectivity index (χ3v) is 3.34. The van der Waals surface area contributed by atoms with E-state index in [0.29, 0.717) is 17.3 Å². The van der Waals surface area contributed by atoms with Gasteiger partial charge in [0.2, 0.25) is 0 Å². The van der Waals surface area contributed by atoms with Crippen LogP contribution in [0.1, 0.15) is 5.76 Å². The van der Waals surface area contributed by atoms with Crippen LogP contribution in [0.3, 0.4) is 0 Å². The maximum atomic E-state index is 10.5. The summed E-state index contributed by atoms with van der Waals surface area (Å²) >= 11 is 8.01. The molecule has 0 amide bonds. The van der Waals surface area contributed by atoms with Gasteiger partial charge in [-0.2, -0.15) is 0 Å². The van der Waals surface area contributed by atoms with E-state index in [2.05, 4.69) is 27.9 Å². The first-order valence-corrected chi connectivity index (χ1v) is 6.44. The molecule has 7 heteroatoms. The summed E-state index contributed by atoms with van der Waals surface area (Å²) in [5, 5.41) is 14.2. The maximum Gasteiger partial charge on any atom is 0.433 e. The second kappa shape index (κ2) is 5.57. The molecule has 2 aromatic rings. The first-order chi connectivity index (χ1) is 8.56. The molecule has 0 aliphatic carbocycles. The molecular weight excluding hydrogens is 370 g/mol. The lowest BCUT2D eigenvalue weighted by Crippen LogP contribution is -1.99. The molecule has 1 heterocycles. The fourth-order valence-electron chi connectivity index (χ4n) is 1.37. The third-order valence-electron chi connectivity index (χ3n) is 2.21. The molecule has 0 saturated heterocycles. The molecule has 1 aromatic heterocycles. The van der Waals surface area contributed by atoms with Crippen LogP contribution in [-0.2, 0) is 6.54 Å². The molecule has 0 unspecified atom stereocenters. The van der Waals surface area contributed by atoms with Crippen molar-refractivity contribution in [3.05, 3.63) is 54.8 Å². The van der Waals surface area contributed by atoms with E-state index in [-0.39, 0.29) is 5.88 Å². The number of halogens is 2. The van der Waals surface area contributed by atoms with Crippen LogP contribution >= 0.6 is 34.2 Å². The lowest BCUT2D eigenvalue weighted by Gasteiger charge is -2.06. The number of rotatable bonds is 4. The van der Waals surface area contributed by atoms with Gasteiger partial charge < -0.3 is 9.73 Å². The van der Waals surface area contributed by atoms with Gasteiger partial charge in [-0.25, -0.2) is 0 Å². The Morgan fingerprint density at radius 3 is 2.78 bits per heavy atom. The van der Waals surface area contributed by atoms with Gasteiger partial charge in [-0.05, 0) is 46.9 Å². The van der Waals surface area contributed by atoms with Crippen LogP contribution in [0.4, 0.5) is 11.6 Å². The van der Waals surface area contributed by atoms with Gasteiger partial charge in [-0.1, -0.05) is 11.6 Å². The number of furan rings is 1. The highest BCUT2D eigenvalue weighted by Gasteiger charge is 2.11. The third kappa shape index (κ3) is 3.14. The van der Waals surface area contributed by atoms with E-state index in [4.69, 9.17) is 16.0 Å². The summed E-state index contributed by atoms with van der Waals surface area (Å²) in [6.07, 6.45) is 0. The SMILES string of the molecule is O=[N+]([O-])c1ccc(CNc2ccc(Cl)cc2I)o1. The Bertz CT molecular complexity index is 585. The van der Waals surface area contributed by atoms with E-state index in [1.54, 1.807) is 12.1 Å². The van der Waals surface area contributed by atoms with Gasteiger partial charge in [-0.3, -0.25) is 10.1 Å². The molecule has 1 aromatic carbocycles. The summed E-state index contributed by atoms with van der Waals surface area (Å²) in [7, 11) is 0. The highest BCUT2D eigenvalue weighted by atomic mass is 127. The van der Waals surface area contributed by atoms with Gasteiger partial charge in [0.15, 0.2) is 0 Å². The van der Waals surface area contributed by atoms with E-state index >= 15 is 0 Å².